The van der Waals surface area contributed by atoms with E-state index in [0.29, 0.717) is 0 Å². The Morgan fingerprint density at radius 3 is 2.50 bits per heavy atom. The topological polar surface area (TPSA) is 0 Å². The molecule has 0 N–H and O–H groups in total. The van der Waals surface area contributed by atoms with E-state index in [0.717, 1.165) is 5.41 Å². The zero-order valence-corrected chi connectivity index (χ0v) is 6.51. The van der Waals surface area contributed by atoms with E-state index in [-0.39, 0.29) is 0 Å². The van der Waals surface area contributed by atoms with Crippen molar-refractivity contribution in [3.05, 3.63) is 0 Å². The zero-order chi connectivity index (χ0) is 6.51. The van der Waals surface area contributed by atoms with Crippen molar-refractivity contribution >= 4 is 0 Å². The standard InChI is InChI=1S/C10H14/c1-2-5-3-10-4-6-7(5)9(10)8(6)10/h5-9H,2-4H2,1H3. The minimum absolute atomic E-state index is 1.01. The van der Waals surface area contributed by atoms with Crippen molar-refractivity contribution in [2.75, 3.05) is 0 Å². The van der Waals surface area contributed by atoms with Gasteiger partial charge in [-0.2, -0.15) is 0 Å². The van der Waals surface area contributed by atoms with Gasteiger partial charge in [0.05, 0.1) is 0 Å². The Kier molecular flexibility index (Phi) is 0.479. The molecule has 0 heteroatoms. The third-order valence-electron chi connectivity index (χ3n) is 5.30. The highest BCUT2D eigenvalue weighted by molar-refractivity contribution is 5.38. The maximum Gasteiger partial charge on any atom is -0.0224 e. The third-order valence-corrected chi connectivity index (χ3v) is 5.30. The summed E-state index contributed by atoms with van der Waals surface area (Å²) in [6.07, 6.45) is 4.77. The van der Waals surface area contributed by atoms with E-state index in [1.165, 1.54) is 36.0 Å². The molecular formula is C10H14. The van der Waals surface area contributed by atoms with Crippen molar-refractivity contribution < 1.29 is 0 Å². The average molecular weight is 134 g/mol. The molecule has 4 aliphatic carbocycles. The summed E-state index contributed by atoms with van der Waals surface area (Å²) in [6.45, 7) is 2.39. The summed E-state index contributed by atoms with van der Waals surface area (Å²) in [5.41, 5.74) is 1.01. The fraction of sp³-hybridized carbons (Fsp3) is 1.00. The van der Waals surface area contributed by atoms with Crippen molar-refractivity contribution in [3.63, 3.8) is 0 Å². The van der Waals surface area contributed by atoms with Crippen molar-refractivity contribution in [1.82, 2.24) is 0 Å². The van der Waals surface area contributed by atoms with Gasteiger partial charge in [0.2, 0.25) is 0 Å². The molecule has 4 rings (SSSR count). The lowest BCUT2D eigenvalue weighted by molar-refractivity contribution is -0.00589. The van der Waals surface area contributed by atoms with E-state index in [4.69, 9.17) is 0 Å². The van der Waals surface area contributed by atoms with Crippen LogP contribution in [0.15, 0.2) is 0 Å². The largest absolute Gasteiger partial charge is 0.0651 e. The van der Waals surface area contributed by atoms with E-state index in [2.05, 4.69) is 6.92 Å². The van der Waals surface area contributed by atoms with Crippen molar-refractivity contribution in [3.8, 4) is 0 Å². The first-order valence-corrected chi connectivity index (χ1v) is 4.88. The van der Waals surface area contributed by atoms with E-state index < -0.39 is 0 Å². The van der Waals surface area contributed by atoms with Gasteiger partial charge < -0.3 is 0 Å². The Bertz CT molecular complexity index is 220. The van der Waals surface area contributed by atoms with Gasteiger partial charge in [0.1, 0.15) is 0 Å². The monoisotopic (exact) mass is 134 g/mol. The van der Waals surface area contributed by atoms with Crippen LogP contribution in [-0.2, 0) is 0 Å². The quantitative estimate of drug-likeness (QED) is 0.516. The van der Waals surface area contributed by atoms with Crippen LogP contribution in [0.5, 0.6) is 0 Å². The van der Waals surface area contributed by atoms with Crippen LogP contribution in [0.4, 0.5) is 0 Å². The number of hydrogen-bond donors (Lipinski definition) is 0. The molecule has 0 aliphatic heterocycles. The molecule has 4 aliphatic rings. The van der Waals surface area contributed by atoms with E-state index >= 15 is 0 Å². The van der Waals surface area contributed by atoms with Crippen LogP contribution >= 0.6 is 0 Å². The first-order chi connectivity index (χ1) is 4.88. The van der Waals surface area contributed by atoms with Gasteiger partial charge in [-0.05, 0) is 47.8 Å². The zero-order valence-electron chi connectivity index (χ0n) is 6.51. The molecule has 0 aromatic carbocycles. The van der Waals surface area contributed by atoms with Gasteiger partial charge in [0.25, 0.3) is 0 Å². The van der Waals surface area contributed by atoms with Gasteiger partial charge >= 0.3 is 0 Å². The van der Waals surface area contributed by atoms with Gasteiger partial charge in [-0.1, -0.05) is 13.3 Å². The second kappa shape index (κ2) is 1.00. The lowest BCUT2D eigenvalue weighted by atomic mass is 9.56. The van der Waals surface area contributed by atoms with E-state index in [1.807, 2.05) is 0 Å². The van der Waals surface area contributed by atoms with Gasteiger partial charge in [-0.15, -0.1) is 0 Å². The Labute approximate surface area is 62.0 Å². The molecule has 0 nitrogen and oxygen atoms in total. The molecule has 6 unspecified atom stereocenters. The first-order valence-electron chi connectivity index (χ1n) is 4.88. The van der Waals surface area contributed by atoms with E-state index in [9.17, 15) is 0 Å². The van der Waals surface area contributed by atoms with Crippen LogP contribution in [0.1, 0.15) is 26.2 Å². The predicted molar refractivity (Wildman–Crippen MR) is 39.4 cm³/mol. The fourth-order valence-corrected chi connectivity index (χ4v) is 5.08. The van der Waals surface area contributed by atoms with Crippen LogP contribution in [-0.4, -0.2) is 0 Å². The third kappa shape index (κ3) is 0.222. The molecule has 10 heavy (non-hydrogen) atoms. The van der Waals surface area contributed by atoms with Crippen molar-refractivity contribution in [2.45, 2.75) is 26.2 Å². The number of hydrogen-bond acceptors (Lipinski definition) is 0. The molecule has 1 spiro atoms. The molecule has 0 radical (unpaired) electrons. The number of fused-ring (bicyclic) bond motifs is 1. The Morgan fingerprint density at radius 2 is 2.20 bits per heavy atom. The lowest BCUT2D eigenvalue weighted by Crippen LogP contribution is -2.42. The highest BCUT2D eigenvalue weighted by atomic mass is 14.9. The molecule has 6 atom stereocenters. The summed E-state index contributed by atoms with van der Waals surface area (Å²) in [5.74, 6) is 6.25. The summed E-state index contributed by atoms with van der Waals surface area (Å²) in [6, 6.07) is 0. The van der Waals surface area contributed by atoms with Gasteiger partial charge in [-0.25, -0.2) is 0 Å². The summed E-state index contributed by atoms with van der Waals surface area (Å²) in [4.78, 5) is 0. The molecular weight excluding hydrogens is 120 g/mol. The molecule has 0 aromatic heterocycles. The Morgan fingerprint density at radius 1 is 1.30 bits per heavy atom. The predicted octanol–water partition coefficient (Wildman–Crippen LogP) is 2.30. The molecule has 0 bridgehead atoms. The highest BCUT2D eigenvalue weighted by Gasteiger charge is 2.90. The SMILES string of the molecule is CCC1CC23CC4C1C2C43. The highest BCUT2D eigenvalue weighted by Crippen LogP contribution is 2.96. The van der Waals surface area contributed by atoms with E-state index in [1.54, 1.807) is 12.8 Å². The molecule has 0 saturated heterocycles. The molecule has 0 heterocycles. The molecule has 4 saturated carbocycles. The van der Waals surface area contributed by atoms with Crippen molar-refractivity contribution in [2.24, 2.45) is 35.0 Å². The van der Waals surface area contributed by atoms with Crippen LogP contribution in [0.25, 0.3) is 0 Å². The second-order valence-electron chi connectivity index (χ2n) is 5.10. The van der Waals surface area contributed by atoms with Crippen LogP contribution in [0.2, 0.25) is 0 Å². The molecule has 0 amide bonds. The summed E-state index contributed by atoms with van der Waals surface area (Å²) in [5, 5.41) is 0. The maximum absolute atomic E-state index is 2.39. The van der Waals surface area contributed by atoms with Gasteiger partial charge in [-0.3, -0.25) is 0 Å². The molecule has 54 valence electrons. The summed E-state index contributed by atoms with van der Waals surface area (Å²) < 4.78 is 0. The molecule has 4 fully saturated rings. The van der Waals surface area contributed by atoms with Crippen LogP contribution < -0.4 is 0 Å². The van der Waals surface area contributed by atoms with Gasteiger partial charge in [0, 0.05) is 0 Å². The van der Waals surface area contributed by atoms with Crippen LogP contribution in [0, 0.1) is 35.0 Å². The smallest absolute Gasteiger partial charge is 0.0224 e. The Balaban J connectivity index is 1.80. The van der Waals surface area contributed by atoms with Gasteiger partial charge in [0.15, 0.2) is 0 Å². The number of rotatable bonds is 1. The fourth-order valence-electron chi connectivity index (χ4n) is 5.08. The van der Waals surface area contributed by atoms with Crippen LogP contribution in [0.3, 0.4) is 0 Å². The second-order valence-corrected chi connectivity index (χ2v) is 5.10. The Hall–Kier alpha value is 0. The molecule has 0 aromatic rings. The minimum atomic E-state index is 1.01. The average Bonchev–Trinajstić information content (AvgIpc) is 2.37. The summed E-state index contributed by atoms with van der Waals surface area (Å²) >= 11 is 0. The van der Waals surface area contributed by atoms with Crippen molar-refractivity contribution in [1.29, 1.82) is 0 Å². The normalized spacial score (nSPS) is 79.5. The first kappa shape index (κ1) is 4.79. The minimum Gasteiger partial charge on any atom is -0.0651 e. The maximum atomic E-state index is 2.39. The lowest BCUT2D eigenvalue weighted by Gasteiger charge is -2.49. The summed E-state index contributed by atoms with van der Waals surface area (Å²) in [7, 11) is 0.